The number of hydrogen-bond donors (Lipinski definition) is 0. The van der Waals surface area contributed by atoms with Crippen LogP contribution in [0.25, 0.3) is 0 Å². The molecule has 0 aliphatic rings. The largest absolute Gasteiger partial charge is 0.219 e. The van der Waals surface area contributed by atoms with Crippen LogP contribution in [0.3, 0.4) is 0 Å². The molecule has 2 aromatic rings. The van der Waals surface area contributed by atoms with Crippen LogP contribution in [0.5, 0.6) is 0 Å². The lowest BCUT2D eigenvalue weighted by Gasteiger charge is -2.10. The molecule has 0 saturated carbocycles. The van der Waals surface area contributed by atoms with Crippen LogP contribution in [0, 0.1) is 20.8 Å². The molecular weight excluding hydrogens is 244 g/mol. The van der Waals surface area contributed by atoms with Gasteiger partial charge in [0.05, 0.1) is 9.79 Å². The third kappa shape index (κ3) is 2.18. The average Bonchev–Trinajstić information content (AvgIpc) is 2.33. The maximum atomic E-state index is 12.5. The molecule has 2 aromatic carbocycles. The molecule has 18 heavy (non-hydrogen) atoms. The second kappa shape index (κ2) is 4.58. The molecule has 2 nitrogen and oxygen atoms in total. The molecule has 0 fully saturated rings. The van der Waals surface area contributed by atoms with Crippen molar-refractivity contribution in [1.82, 2.24) is 0 Å². The molecular formula is C15H16O2S. The van der Waals surface area contributed by atoms with Gasteiger partial charge in [-0.2, -0.15) is 0 Å². The smallest absolute Gasteiger partial charge is 0.206 e. The lowest BCUT2D eigenvalue weighted by molar-refractivity contribution is 0.595. The van der Waals surface area contributed by atoms with Crippen LogP contribution in [-0.4, -0.2) is 8.42 Å². The van der Waals surface area contributed by atoms with Crippen molar-refractivity contribution in [2.24, 2.45) is 0 Å². The standard InChI is InChI=1S/C15H16O2S/c1-11-7-9-14(10-8-11)18(16,17)15-6-4-5-12(2)13(15)3/h4-10H,1-3H3. The molecule has 94 valence electrons. The lowest BCUT2D eigenvalue weighted by Crippen LogP contribution is -2.05. The minimum absolute atomic E-state index is 0.349. The predicted molar refractivity (Wildman–Crippen MR) is 72.5 cm³/mol. The van der Waals surface area contributed by atoms with Crippen LogP contribution in [-0.2, 0) is 9.84 Å². The van der Waals surface area contributed by atoms with Gasteiger partial charge in [0.2, 0.25) is 9.84 Å². The predicted octanol–water partition coefficient (Wildman–Crippen LogP) is 3.44. The molecule has 0 aliphatic carbocycles. The van der Waals surface area contributed by atoms with E-state index in [1.54, 1.807) is 24.3 Å². The third-order valence-electron chi connectivity index (χ3n) is 3.18. The van der Waals surface area contributed by atoms with Gasteiger partial charge in [-0.1, -0.05) is 29.8 Å². The van der Waals surface area contributed by atoms with Gasteiger partial charge in [0.1, 0.15) is 0 Å². The Labute approximate surface area is 108 Å². The summed E-state index contributed by atoms with van der Waals surface area (Å²) in [4.78, 5) is 0.744. The molecule has 2 rings (SSSR count). The van der Waals surface area contributed by atoms with Crippen molar-refractivity contribution in [3.8, 4) is 0 Å². The van der Waals surface area contributed by atoms with E-state index in [1.165, 1.54) is 0 Å². The van der Waals surface area contributed by atoms with E-state index in [1.807, 2.05) is 39.0 Å². The molecule has 0 aromatic heterocycles. The van der Waals surface area contributed by atoms with Crippen molar-refractivity contribution in [3.05, 3.63) is 59.2 Å². The van der Waals surface area contributed by atoms with Gasteiger partial charge in [-0.3, -0.25) is 0 Å². The van der Waals surface area contributed by atoms with E-state index in [0.717, 1.165) is 16.7 Å². The van der Waals surface area contributed by atoms with Crippen molar-refractivity contribution in [2.75, 3.05) is 0 Å². The summed E-state index contributed by atoms with van der Waals surface area (Å²) in [5, 5.41) is 0. The minimum atomic E-state index is -3.41. The summed E-state index contributed by atoms with van der Waals surface area (Å²) in [6, 6.07) is 12.3. The second-order valence-electron chi connectivity index (χ2n) is 4.51. The Morgan fingerprint density at radius 3 is 2.06 bits per heavy atom. The van der Waals surface area contributed by atoms with Crippen molar-refractivity contribution < 1.29 is 8.42 Å². The zero-order valence-corrected chi connectivity index (χ0v) is 11.6. The Hall–Kier alpha value is -1.61. The summed E-state index contributed by atoms with van der Waals surface area (Å²) >= 11 is 0. The quantitative estimate of drug-likeness (QED) is 0.829. The first-order valence-corrected chi connectivity index (χ1v) is 7.29. The highest BCUT2D eigenvalue weighted by molar-refractivity contribution is 7.91. The second-order valence-corrected chi connectivity index (χ2v) is 6.43. The Morgan fingerprint density at radius 2 is 1.44 bits per heavy atom. The Kier molecular flexibility index (Phi) is 3.26. The molecule has 0 heterocycles. The van der Waals surface area contributed by atoms with E-state index in [-0.39, 0.29) is 0 Å². The van der Waals surface area contributed by atoms with Crippen LogP contribution in [0.15, 0.2) is 52.3 Å². The maximum absolute atomic E-state index is 12.5. The lowest BCUT2D eigenvalue weighted by atomic mass is 10.1. The van der Waals surface area contributed by atoms with E-state index in [9.17, 15) is 8.42 Å². The Bertz CT molecular complexity index is 668. The normalized spacial score (nSPS) is 11.5. The summed E-state index contributed by atoms with van der Waals surface area (Å²) in [5.74, 6) is 0. The molecule has 0 radical (unpaired) electrons. The summed E-state index contributed by atoms with van der Waals surface area (Å²) in [6.45, 7) is 5.70. The molecule has 0 spiro atoms. The van der Waals surface area contributed by atoms with E-state index < -0.39 is 9.84 Å². The number of sulfone groups is 1. The molecule has 0 N–H and O–H groups in total. The van der Waals surface area contributed by atoms with Crippen molar-refractivity contribution >= 4 is 9.84 Å². The Balaban J connectivity index is 2.62. The molecule has 3 heteroatoms. The zero-order valence-electron chi connectivity index (χ0n) is 10.8. The van der Waals surface area contributed by atoms with Crippen LogP contribution >= 0.6 is 0 Å². The van der Waals surface area contributed by atoms with Crippen molar-refractivity contribution in [1.29, 1.82) is 0 Å². The molecule has 0 atom stereocenters. The van der Waals surface area contributed by atoms with Crippen molar-refractivity contribution in [2.45, 2.75) is 30.6 Å². The first-order valence-electron chi connectivity index (χ1n) is 5.81. The van der Waals surface area contributed by atoms with Gasteiger partial charge < -0.3 is 0 Å². The SMILES string of the molecule is Cc1ccc(S(=O)(=O)c2cccc(C)c2C)cc1. The monoisotopic (exact) mass is 260 g/mol. The van der Waals surface area contributed by atoms with Gasteiger partial charge >= 0.3 is 0 Å². The van der Waals surface area contributed by atoms with Gasteiger partial charge in [0.15, 0.2) is 0 Å². The highest BCUT2D eigenvalue weighted by atomic mass is 32.2. The third-order valence-corrected chi connectivity index (χ3v) is 5.09. The molecule has 0 aliphatic heterocycles. The fourth-order valence-electron chi connectivity index (χ4n) is 1.86. The van der Waals surface area contributed by atoms with E-state index >= 15 is 0 Å². The summed E-state index contributed by atoms with van der Waals surface area (Å²) < 4.78 is 25.0. The summed E-state index contributed by atoms with van der Waals surface area (Å²) in [5.41, 5.74) is 2.86. The number of hydrogen-bond acceptors (Lipinski definition) is 2. The summed E-state index contributed by atoms with van der Waals surface area (Å²) in [7, 11) is -3.41. The van der Waals surface area contributed by atoms with E-state index in [2.05, 4.69) is 0 Å². The van der Waals surface area contributed by atoms with Crippen molar-refractivity contribution in [3.63, 3.8) is 0 Å². The van der Waals surface area contributed by atoms with Crippen LogP contribution < -0.4 is 0 Å². The average molecular weight is 260 g/mol. The molecule has 0 amide bonds. The fourth-order valence-corrected chi connectivity index (χ4v) is 3.43. The minimum Gasteiger partial charge on any atom is -0.219 e. The van der Waals surface area contributed by atoms with Crippen LogP contribution in [0.4, 0.5) is 0 Å². The van der Waals surface area contributed by atoms with Gasteiger partial charge in [0, 0.05) is 0 Å². The topological polar surface area (TPSA) is 34.1 Å². The first kappa shape index (κ1) is 12.8. The molecule has 0 unspecified atom stereocenters. The number of benzene rings is 2. The van der Waals surface area contributed by atoms with Gasteiger partial charge in [-0.05, 0) is 50.1 Å². The van der Waals surface area contributed by atoms with Gasteiger partial charge in [-0.15, -0.1) is 0 Å². The highest BCUT2D eigenvalue weighted by Crippen LogP contribution is 2.25. The van der Waals surface area contributed by atoms with E-state index in [4.69, 9.17) is 0 Å². The maximum Gasteiger partial charge on any atom is 0.206 e. The number of aryl methyl sites for hydroxylation is 2. The van der Waals surface area contributed by atoms with Crippen LogP contribution in [0.1, 0.15) is 16.7 Å². The van der Waals surface area contributed by atoms with Gasteiger partial charge in [-0.25, -0.2) is 8.42 Å². The van der Waals surface area contributed by atoms with E-state index in [0.29, 0.717) is 9.79 Å². The first-order chi connectivity index (χ1) is 8.43. The Morgan fingerprint density at radius 1 is 0.833 bits per heavy atom. The van der Waals surface area contributed by atoms with Gasteiger partial charge in [0.25, 0.3) is 0 Å². The fraction of sp³-hybridized carbons (Fsp3) is 0.200. The highest BCUT2D eigenvalue weighted by Gasteiger charge is 2.19. The summed E-state index contributed by atoms with van der Waals surface area (Å²) in [6.07, 6.45) is 0. The zero-order chi connectivity index (χ0) is 13.3. The number of rotatable bonds is 2. The molecule has 0 bridgehead atoms. The van der Waals surface area contributed by atoms with Crippen LogP contribution in [0.2, 0.25) is 0 Å². The molecule has 0 saturated heterocycles.